The first-order valence-electron chi connectivity index (χ1n) is 6.90. The Morgan fingerprint density at radius 1 is 1.08 bits per heavy atom. The number of halogens is 2. The minimum absolute atomic E-state index is 0.0461. The van der Waals surface area contributed by atoms with E-state index in [-0.39, 0.29) is 16.5 Å². The van der Waals surface area contributed by atoms with Crippen molar-refractivity contribution in [3.8, 4) is 10.6 Å². The Morgan fingerprint density at radius 3 is 2.58 bits per heavy atom. The summed E-state index contributed by atoms with van der Waals surface area (Å²) < 4.78 is 27.3. The first-order valence-corrected chi connectivity index (χ1v) is 10.0. The molecular formula is C16H12Cl2N2O2S2. The molecule has 1 aromatic heterocycles. The minimum Gasteiger partial charge on any atom is -0.240 e. The molecule has 0 aliphatic rings. The van der Waals surface area contributed by atoms with Crippen molar-refractivity contribution in [3.63, 3.8) is 0 Å². The van der Waals surface area contributed by atoms with Crippen LogP contribution in [0.15, 0.2) is 58.8 Å². The molecule has 8 heteroatoms. The van der Waals surface area contributed by atoms with E-state index in [9.17, 15) is 8.42 Å². The number of benzene rings is 2. The summed E-state index contributed by atoms with van der Waals surface area (Å²) in [6, 6.07) is 14.0. The fourth-order valence-electron chi connectivity index (χ4n) is 2.03. The zero-order chi connectivity index (χ0) is 17.2. The molecule has 1 heterocycles. The van der Waals surface area contributed by atoms with Crippen molar-refractivity contribution in [2.24, 2.45) is 0 Å². The fourth-order valence-corrected chi connectivity index (χ4v) is 4.62. The number of rotatable bonds is 5. The summed E-state index contributed by atoms with van der Waals surface area (Å²) >= 11 is 13.3. The normalized spacial score (nSPS) is 11.6. The van der Waals surface area contributed by atoms with Crippen LogP contribution in [0, 0.1) is 0 Å². The van der Waals surface area contributed by atoms with Gasteiger partial charge in [-0.25, -0.2) is 18.1 Å². The van der Waals surface area contributed by atoms with Crippen LogP contribution in [-0.2, 0) is 16.6 Å². The Bertz CT molecular complexity index is 957. The average molecular weight is 399 g/mol. The molecule has 1 N–H and O–H groups in total. The maximum Gasteiger partial charge on any atom is 0.242 e. The van der Waals surface area contributed by atoms with Crippen molar-refractivity contribution < 1.29 is 8.42 Å². The number of thiazole rings is 1. The predicted octanol–water partition coefficient (Wildman–Crippen LogP) is 4.60. The molecule has 0 atom stereocenters. The quantitative estimate of drug-likeness (QED) is 0.683. The Balaban J connectivity index is 1.76. The fraction of sp³-hybridized carbons (Fsp3) is 0.0625. The smallest absolute Gasteiger partial charge is 0.240 e. The molecule has 0 saturated carbocycles. The predicted molar refractivity (Wildman–Crippen MR) is 98.0 cm³/mol. The van der Waals surface area contributed by atoms with Gasteiger partial charge in [0, 0.05) is 16.0 Å². The maximum atomic E-state index is 12.4. The van der Waals surface area contributed by atoms with Crippen molar-refractivity contribution in [2.75, 3.05) is 0 Å². The Hall–Kier alpha value is -1.44. The van der Waals surface area contributed by atoms with Gasteiger partial charge in [0.05, 0.1) is 17.3 Å². The van der Waals surface area contributed by atoms with Crippen LogP contribution in [0.1, 0.15) is 5.69 Å². The van der Waals surface area contributed by atoms with Crippen LogP contribution in [0.25, 0.3) is 10.6 Å². The Morgan fingerprint density at radius 2 is 1.83 bits per heavy atom. The lowest BCUT2D eigenvalue weighted by atomic mass is 10.2. The van der Waals surface area contributed by atoms with E-state index in [4.69, 9.17) is 23.2 Å². The second kappa shape index (κ2) is 7.21. The lowest BCUT2D eigenvalue weighted by Gasteiger charge is -2.07. The highest BCUT2D eigenvalue weighted by molar-refractivity contribution is 7.89. The summed E-state index contributed by atoms with van der Waals surface area (Å²) in [4.78, 5) is 4.40. The standard InChI is InChI=1S/C16H12Cl2N2O2S2/c17-12-6-7-14(18)15(8-12)24(21,22)19-9-13-10-23-16(20-13)11-4-2-1-3-5-11/h1-8,10,19H,9H2. The summed E-state index contributed by atoms with van der Waals surface area (Å²) in [5.74, 6) is 0. The molecule has 0 bridgehead atoms. The molecule has 0 fully saturated rings. The summed E-state index contributed by atoms with van der Waals surface area (Å²) in [6.07, 6.45) is 0. The molecule has 0 aliphatic heterocycles. The van der Waals surface area contributed by atoms with E-state index in [1.165, 1.54) is 29.5 Å². The van der Waals surface area contributed by atoms with Crippen LogP contribution in [-0.4, -0.2) is 13.4 Å². The van der Waals surface area contributed by atoms with Gasteiger partial charge in [-0.15, -0.1) is 11.3 Å². The van der Waals surface area contributed by atoms with E-state index in [0.29, 0.717) is 10.7 Å². The molecule has 24 heavy (non-hydrogen) atoms. The number of hydrogen-bond acceptors (Lipinski definition) is 4. The molecule has 2 aromatic carbocycles. The molecule has 3 rings (SSSR count). The summed E-state index contributed by atoms with van der Waals surface area (Å²) in [6.45, 7) is 0.0779. The third-order valence-electron chi connectivity index (χ3n) is 3.20. The second-order valence-electron chi connectivity index (χ2n) is 4.91. The first-order chi connectivity index (χ1) is 11.5. The molecule has 0 amide bonds. The van der Waals surface area contributed by atoms with Gasteiger partial charge in [-0.05, 0) is 18.2 Å². The van der Waals surface area contributed by atoms with Crippen LogP contribution in [0.2, 0.25) is 10.0 Å². The third kappa shape index (κ3) is 3.96. The van der Waals surface area contributed by atoms with Crippen LogP contribution in [0.4, 0.5) is 0 Å². The molecule has 0 spiro atoms. The van der Waals surface area contributed by atoms with Gasteiger partial charge >= 0.3 is 0 Å². The van der Waals surface area contributed by atoms with Gasteiger partial charge in [0.15, 0.2) is 0 Å². The summed E-state index contributed by atoms with van der Waals surface area (Å²) in [7, 11) is -3.77. The summed E-state index contributed by atoms with van der Waals surface area (Å²) in [5.41, 5.74) is 1.63. The molecule has 3 aromatic rings. The largest absolute Gasteiger partial charge is 0.242 e. The zero-order valence-electron chi connectivity index (χ0n) is 12.2. The van der Waals surface area contributed by atoms with Crippen LogP contribution >= 0.6 is 34.5 Å². The average Bonchev–Trinajstić information content (AvgIpc) is 3.05. The van der Waals surface area contributed by atoms with Crippen LogP contribution < -0.4 is 4.72 Å². The van der Waals surface area contributed by atoms with Gasteiger partial charge in [0.1, 0.15) is 9.90 Å². The minimum atomic E-state index is -3.77. The molecule has 0 unspecified atom stereocenters. The first kappa shape index (κ1) is 17.4. The number of sulfonamides is 1. The SMILES string of the molecule is O=S(=O)(NCc1csc(-c2ccccc2)n1)c1cc(Cl)ccc1Cl. The van der Waals surface area contributed by atoms with Gasteiger partial charge in [0.25, 0.3) is 0 Å². The maximum absolute atomic E-state index is 12.4. The molecule has 124 valence electrons. The van der Waals surface area contributed by atoms with E-state index in [2.05, 4.69) is 9.71 Å². The van der Waals surface area contributed by atoms with Crippen molar-refractivity contribution in [1.82, 2.24) is 9.71 Å². The zero-order valence-corrected chi connectivity index (χ0v) is 15.4. The van der Waals surface area contributed by atoms with Gasteiger partial charge in [-0.2, -0.15) is 0 Å². The van der Waals surface area contributed by atoms with Gasteiger partial charge in [-0.3, -0.25) is 0 Å². The van der Waals surface area contributed by atoms with E-state index < -0.39 is 10.0 Å². The van der Waals surface area contributed by atoms with E-state index >= 15 is 0 Å². The Kier molecular flexibility index (Phi) is 5.22. The van der Waals surface area contributed by atoms with Gasteiger partial charge < -0.3 is 0 Å². The molecule has 0 radical (unpaired) electrons. The molecule has 4 nitrogen and oxygen atoms in total. The lowest BCUT2D eigenvalue weighted by molar-refractivity contribution is 0.580. The summed E-state index contributed by atoms with van der Waals surface area (Å²) in [5, 5.41) is 3.09. The van der Waals surface area contributed by atoms with Crippen molar-refractivity contribution in [3.05, 3.63) is 69.7 Å². The van der Waals surface area contributed by atoms with Crippen LogP contribution in [0.5, 0.6) is 0 Å². The Labute approximate surface area is 154 Å². The third-order valence-corrected chi connectivity index (χ3v) is 6.26. The van der Waals surface area contributed by atoms with E-state index in [1.54, 1.807) is 0 Å². The van der Waals surface area contributed by atoms with Crippen LogP contribution in [0.3, 0.4) is 0 Å². The number of hydrogen-bond donors (Lipinski definition) is 1. The van der Waals surface area contributed by atoms with E-state index in [1.807, 2.05) is 35.7 Å². The lowest BCUT2D eigenvalue weighted by Crippen LogP contribution is -2.23. The highest BCUT2D eigenvalue weighted by Crippen LogP contribution is 2.26. The highest BCUT2D eigenvalue weighted by atomic mass is 35.5. The second-order valence-corrected chi connectivity index (χ2v) is 8.35. The molecule has 0 saturated heterocycles. The number of nitrogens with zero attached hydrogens (tertiary/aromatic N) is 1. The van der Waals surface area contributed by atoms with Crippen molar-refractivity contribution in [2.45, 2.75) is 11.4 Å². The highest BCUT2D eigenvalue weighted by Gasteiger charge is 2.18. The number of nitrogens with one attached hydrogen (secondary N) is 1. The van der Waals surface area contributed by atoms with Gasteiger partial charge in [0.2, 0.25) is 10.0 Å². The van der Waals surface area contributed by atoms with E-state index in [0.717, 1.165) is 10.6 Å². The topological polar surface area (TPSA) is 59.1 Å². The monoisotopic (exact) mass is 398 g/mol. The molecule has 0 aliphatic carbocycles. The van der Waals surface area contributed by atoms with Crippen molar-refractivity contribution >= 4 is 44.6 Å². The number of aromatic nitrogens is 1. The molecular weight excluding hydrogens is 387 g/mol. The van der Waals surface area contributed by atoms with Crippen molar-refractivity contribution in [1.29, 1.82) is 0 Å². The van der Waals surface area contributed by atoms with Gasteiger partial charge in [-0.1, -0.05) is 53.5 Å².